The number of nitrogens with zero attached hydrogens (tertiary/aromatic N) is 1. The van der Waals surface area contributed by atoms with Crippen LogP contribution < -0.4 is 0 Å². The van der Waals surface area contributed by atoms with Crippen molar-refractivity contribution in [3.63, 3.8) is 0 Å². The monoisotopic (exact) mass is 243 g/mol. The van der Waals surface area contributed by atoms with Gasteiger partial charge in [-0.25, -0.2) is 4.79 Å². The van der Waals surface area contributed by atoms with Crippen LogP contribution in [0, 0.1) is 0 Å². The summed E-state index contributed by atoms with van der Waals surface area (Å²) >= 11 is 0. The molecule has 1 N–H and O–H groups in total. The van der Waals surface area contributed by atoms with Gasteiger partial charge in [0.15, 0.2) is 0 Å². The third-order valence-corrected chi connectivity index (χ3v) is 3.24. The number of carboxylic acid groups (broad SMARTS) is 1. The van der Waals surface area contributed by atoms with Gasteiger partial charge in [-0.05, 0) is 19.9 Å². The fourth-order valence-corrected chi connectivity index (χ4v) is 2.32. The van der Waals surface area contributed by atoms with Crippen LogP contribution in [0.25, 0.3) is 0 Å². The zero-order valence-corrected chi connectivity index (χ0v) is 11.1. The van der Waals surface area contributed by atoms with Gasteiger partial charge in [-0.2, -0.15) is 0 Å². The number of hydrogen-bond donors (Lipinski definition) is 1. The van der Waals surface area contributed by atoms with E-state index >= 15 is 0 Å². The zero-order valence-electron chi connectivity index (χ0n) is 11.1. The SMILES string of the molecule is CCCCCCCN1CC(C)(OCC(=O)O)C1. The molecule has 1 saturated heterocycles. The molecule has 0 atom stereocenters. The van der Waals surface area contributed by atoms with E-state index in [0.29, 0.717) is 0 Å². The molecule has 100 valence electrons. The lowest BCUT2D eigenvalue weighted by Gasteiger charge is -2.47. The molecule has 1 rings (SSSR count). The summed E-state index contributed by atoms with van der Waals surface area (Å²) in [7, 11) is 0. The lowest BCUT2D eigenvalue weighted by Crippen LogP contribution is -2.61. The van der Waals surface area contributed by atoms with Crippen molar-refractivity contribution in [2.45, 2.75) is 51.6 Å². The molecule has 0 bridgehead atoms. The van der Waals surface area contributed by atoms with Crippen molar-refractivity contribution in [1.29, 1.82) is 0 Å². The number of hydrogen-bond acceptors (Lipinski definition) is 3. The second-order valence-corrected chi connectivity index (χ2v) is 5.26. The van der Waals surface area contributed by atoms with Crippen LogP contribution in [0.4, 0.5) is 0 Å². The van der Waals surface area contributed by atoms with E-state index < -0.39 is 5.97 Å². The summed E-state index contributed by atoms with van der Waals surface area (Å²) in [5, 5.41) is 8.55. The van der Waals surface area contributed by atoms with Gasteiger partial charge in [-0.1, -0.05) is 32.6 Å². The van der Waals surface area contributed by atoms with E-state index in [0.717, 1.165) is 19.6 Å². The fourth-order valence-electron chi connectivity index (χ4n) is 2.32. The summed E-state index contributed by atoms with van der Waals surface area (Å²) in [6.07, 6.45) is 6.49. The van der Waals surface area contributed by atoms with Crippen LogP contribution in [0.2, 0.25) is 0 Å². The highest BCUT2D eigenvalue weighted by Gasteiger charge is 2.39. The van der Waals surface area contributed by atoms with Crippen LogP contribution in [0.3, 0.4) is 0 Å². The second-order valence-electron chi connectivity index (χ2n) is 5.26. The first-order valence-electron chi connectivity index (χ1n) is 6.64. The number of ether oxygens (including phenoxy) is 1. The van der Waals surface area contributed by atoms with E-state index in [-0.39, 0.29) is 12.2 Å². The molecule has 0 aromatic rings. The maximum atomic E-state index is 10.4. The Morgan fingerprint density at radius 3 is 2.53 bits per heavy atom. The Hall–Kier alpha value is -0.610. The minimum absolute atomic E-state index is 0.180. The first-order chi connectivity index (χ1) is 8.06. The second kappa shape index (κ2) is 6.97. The van der Waals surface area contributed by atoms with Crippen LogP contribution in [0.1, 0.15) is 46.0 Å². The van der Waals surface area contributed by atoms with Gasteiger partial charge >= 0.3 is 5.97 Å². The number of likely N-dealkylation sites (tertiary alicyclic amines) is 1. The maximum absolute atomic E-state index is 10.4. The normalized spacial score (nSPS) is 18.9. The molecule has 17 heavy (non-hydrogen) atoms. The highest BCUT2D eigenvalue weighted by Crippen LogP contribution is 2.24. The number of rotatable bonds is 9. The first-order valence-corrected chi connectivity index (χ1v) is 6.64. The number of aliphatic carboxylic acids is 1. The molecule has 0 radical (unpaired) electrons. The molecule has 0 spiro atoms. The Morgan fingerprint density at radius 1 is 1.29 bits per heavy atom. The van der Waals surface area contributed by atoms with Crippen molar-refractivity contribution in [2.75, 3.05) is 26.2 Å². The van der Waals surface area contributed by atoms with Crippen LogP contribution in [-0.2, 0) is 9.53 Å². The van der Waals surface area contributed by atoms with Gasteiger partial charge in [0, 0.05) is 13.1 Å². The molecule has 4 nitrogen and oxygen atoms in total. The fraction of sp³-hybridized carbons (Fsp3) is 0.923. The molecule has 1 aliphatic rings. The lowest BCUT2D eigenvalue weighted by molar-refractivity contribution is -0.164. The predicted octanol–water partition coefficient (Wildman–Crippen LogP) is 2.13. The summed E-state index contributed by atoms with van der Waals surface area (Å²) in [4.78, 5) is 12.7. The van der Waals surface area contributed by atoms with Crippen molar-refractivity contribution in [2.24, 2.45) is 0 Å². The molecule has 0 amide bonds. The Balaban J connectivity index is 2.00. The zero-order chi connectivity index (χ0) is 12.7. The first kappa shape index (κ1) is 14.5. The Labute approximate surface area is 104 Å². The Morgan fingerprint density at radius 2 is 1.94 bits per heavy atom. The summed E-state index contributed by atoms with van der Waals surface area (Å²) < 4.78 is 5.36. The molecule has 0 unspecified atom stereocenters. The predicted molar refractivity (Wildman–Crippen MR) is 67.2 cm³/mol. The van der Waals surface area contributed by atoms with Gasteiger partial charge in [0.05, 0.1) is 5.60 Å². The van der Waals surface area contributed by atoms with E-state index in [9.17, 15) is 4.79 Å². The summed E-state index contributed by atoms with van der Waals surface area (Å²) in [5.41, 5.74) is -0.234. The number of carboxylic acids is 1. The van der Waals surface area contributed by atoms with Crippen molar-refractivity contribution < 1.29 is 14.6 Å². The van der Waals surface area contributed by atoms with Crippen LogP contribution in [0.15, 0.2) is 0 Å². The molecule has 1 heterocycles. The number of carbonyl (C=O) groups is 1. The third kappa shape index (κ3) is 5.50. The smallest absolute Gasteiger partial charge is 0.329 e. The lowest BCUT2D eigenvalue weighted by atomic mass is 9.96. The minimum Gasteiger partial charge on any atom is -0.480 e. The Bertz CT molecular complexity index is 237. The maximum Gasteiger partial charge on any atom is 0.329 e. The van der Waals surface area contributed by atoms with Gasteiger partial charge in [-0.3, -0.25) is 4.90 Å². The van der Waals surface area contributed by atoms with E-state index in [2.05, 4.69) is 11.8 Å². The highest BCUT2D eigenvalue weighted by molar-refractivity contribution is 5.68. The molecular formula is C13H25NO3. The van der Waals surface area contributed by atoms with Gasteiger partial charge < -0.3 is 9.84 Å². The molecule has 0 saturated carbocycles. The average Bonchev–Trinajstić information content (AvgIpc) is 2.23. The molecule has 4 heteroatoms. The van der Waals surface area contributed by atoms with Crippen molar-refractivity contribution >= 4 is 5.97 Å². The molecular weight excluding hydrogens is 218 g/mol. The van der Waals surface area contributed by atoms with Gasteiger partial charge in [0.1, 0.15) is 6.61 Å². The van der Waals surface area contributed by atoms with Crippen LogP contribution in [0.5, 0.6) is 0 Å². The Kier molecular flexibility index (Phi) is 5.92. The van der Waals surface area contributed by atoms with E-state index in [1.807, 2.05) is 6.92 Å². The van der Waals surface area contributed by atoms with Crippen LogP contribution in [-0.4, -0.2) is 47.8 Å². The van der Waals surface area contributed by atoms with Crippen molar-refractivity contribution in [3.05, 3.63) is 0 Å². The van der Waals surface area contributed by atoms with E-state index in [1.165, 1.54) is 32.1 Å². The third-order valence-electron chi connectivity index (χ3n) is 3.24. The molecule has 0 aromatic carbocycles. The van der Waals surface area contributed by atoms with Crippen LogP contribution >= 0.6 is 0 Å². The average molecular weight is 243 g/mol. The molecule has 1 aliphatic heterocycles. The van der Waals surface area contributed by atoms with Gasteiger partial charge in [0.25, 0.3) is 0 Å². The van der Waals surface area contributed by atoms with Gasteiger partial charge in [-0.15, -0.1) is 0 Å². The van der Waals surface area contributed by atoms with E-state index in [1.54, 1.807) is 0 Å². The van der Waals surface area contributed by atoms with Crippen molar-refractivity contribution in [3.8, 4) is 0 Å². The van der Waals surface area contributed by atoms with Gasteiger partial charge in [0.2, 0.25) is 0 Å². The summed E-state index contributed by atoms with van der Waals surface area (Å²) in [6.45, 7) is 6.89. The molecule has 1 fully saturated rings. The number of unbranched alkanes of at least 4 members (excludes halogenated alkanes) is 4. The largest absolute Gasteiger partial charge is 0.480 e. The summed E-state index contributed by atoms with van der Waals surface area (Å²) in [6, 6.07) is 0. The minimum atomic E-state index is -0.885. The topological polar surface area (TPSA) is 49.8 Å². The molecule has 0 aliphatic carbocycles. The molecule has 0 aromatic heterocycles. The quantitative estimate of drug-likeness (QED) is 0.630. The highest BCUT2D eigenvalue weighted by atomic mass is 16.5. The van der Waals surface area contributed by atoms with E-state index in [4.69, 9.17) is 9.84 Å². The standard InChI is InChI=1S/C13H25NO3/c1-3-4-5-6-7-8-14-10-13(2,11-14)17-9-12(15)16/h3-11H2,1-2H3,(H,15,16). The van der Waals surface area contributed by atoms with Crippen molar-refractivity contribution in [1.82, 2.24) is 4.90 Å². The summed E-state index contributed by atoms with van der Waals surface area (Å²) in [5.74, 6) is -0.885.